The van der Waals surface area contributed by atoms with Gasteiger partial charge in [-0.2, -0.15) is 0 Å². The highest BCUT2D eigenvalue weighted by Gasteiger charge is 2.07. The zero-order chi connectivity index (χ0) is 26.0. The second-order valence-electron chi connectivity index (χ2n) is 11.7. The van der Waals surface area contributed by atoms with E-state index >= 15 is 0 Å². The minimum absolute atomic E-state index is 1.22. The molecule has 0 radical (unpaired) electrons. The molecule has 1 N–H and O–H groups in total. The number of hydrogen-bond donors (Lipinski definition) is 1. The van der Waals surface area contributed by atoms with Crippen LogP contribution in [-0.2, 0) is 12.8 Å². The summed E-state index contributed by atoms with van der Waals surface area (Å²) >= 11 is 0. The highest BCUT2D eigenvalue weighted by molar-refractivity contribution is 6.07. The Kier molecular flexibility index (Phi) is 14.9. The zero-order valence-electron chi connectivity index (χ0n) is 24.5. The predicted octanol–water partition coefficient (Wildman–Crippen LogP) is 12.2. The van der Waals surface area contributed by atoms with E-state index in [0.29, 0.717) is 0 Å². The summed E-state index contributed by atoms with van der Waals surface area (Å²) in [5.74, 6) is 0. The number of H-pyrrole nitrogens is 1. The van der Waals surface area contributed by atoms with Gasteiger partial charge in [0.25, 0.3) is 0 Å². The van der Waals surface area contributed by atoms with Crippen LogP contribution in [0.15, 0.2) is 36.4 Å². The third kappa shape index (κ3) is 11.3. The molecule has 0 aliphatic carbocycles. The summed E-state index contributed by atoms with van der Waals surface area (Å²) in [6.07, 6.45) is 30.6. The molecule has 2 aromatic carbocycles. The number of aryl methyl sites for hydroxylation is 2. The molecule has 1 aromatic heterocycles. The van der Waals surface area contributed by atoms with Crippen molar-refractivity contribution in [1.82, 2.24) is 4.98 Å². The van der Waals surface area contributed by atoms with Crippen molar-refractivity contribution in [2.45, 2.75) is 155 Å². The number of aromatic amines is 1. The molecule has 206 valence electrons. The molecule has 0 atom stereocenters. The summed E-state index contributed by atoms with van der Waals surface area (Å²) < 4.78 is 0. The van der Waals surface area contributed by atoms with Crippen LogP contribution in [0.3, 0.4) is 0 Å². The van der Waals surface area contributed by atoms with E-state index in [1.165, 1.54) is 174 Å². The van der Waals surface area contributed by atoms with Gasteiger partial charge in [0.1, 0.15) is 0 Å². The van der Waals surface area contributed by atoms with Gasteiger partial charge in [0.15, 0.2) is 0 Å². The van der Waals surface area contributed by atoms with Gasteiger partial charge in [-0.1, -0.05) is 142 Å². The second kappa shape index (κ2) is 18.5. The van der Waals surface area contributed by atoms with Gasteiger partial charge in [-0.25, -0.2) is 0 Å². The number of benzene rings is 2. The molecule has 0 amide bonds. The molecule has 0 aliphatic heterocycles. The third-order valence-electron chi connectivity index (χ3n) is 8.37. The van der Waals surface area contributed by atoms with Crippen molar-refractivity contribution in [3.05, 3.63) is 47.5 Å². The molecule has 37 heavy (non-hydrogen) atoms. The average Bonchev–Trinajstić information content (AvgIpc) is 3.28. The fraction of sp³-hybridized carbons (Fsp3) is 0.667. The first-order valence-electron chi connectivity index (χ1n) is 16.3. The first-order valence-corrected chi connectivity index (χ1v) is 16.3. The van der Waals surface area contributed by atoms with E-state index in [-0.39, 0.29) is 0 Å². The lowest BCUT2D eigenvalue weighted by atomic mass is 10.0. The summed E-state index contributed by atoms with van der Waals surface area (Å²) in [6.45, 7) is 4.60. The van der Waals surface area contributed by atoms with Crippen LogP contribution in [0, 0.1) is 0 Å². The van der Waals surface area contributed by atoms with Gasteiger partial charge in [-0.15, -0.1) is 0 Å². The molecule has 0 saturated carbocycles. The molecular weight excluding hydrogens is 446 g/mol. The van der Waals surface area contributed by atoms with E-state index in [1.54, 1.807) is 0 Å². The molecule has 3 rings (SSSR count). The Morgan fingerprint density at radius 1 is 0.405 bits per heavy atom. The lowest BCUT2D eigenvalue weighted by molar-refractivity contribution is 0.556. The maximum absolute atomic E-state index is 3.65. The molecule has 0 unspecified atom stereocenters. The van der Waals surface area contributed by atoms with Crippen LogP contribution in [0.2, 0.25) is 0 Å². The van der Waals surface area contributed by atoms with E-state index in [0.717, 1.165) is 0 Å². The number of aromatic nitrogens is 1. The lowest BCUT2D eigenvalue weighted by Gasteiger charge is -2.05. The van der Waals surface area contributed by atoms with Gasteiger partial charge in [-0.05, 0) is 61.1 Å². The molecular formula is C36H57N. The van der Waals surface area contributed by atoms with Gasteiger partial charge < -0.3 is 4.98 Å². The van der Waals surface area contributed by atoms with Crippen LogP contribution < -0.4 is 0 Å². The van der Waals surface area contributed by atoms with Gasteiger partial charge in [0, 0.05) is 21.8 Å². The van der Waals surface area contributed by atoms with Gasteiger partial charge in [-0.3, -0.25) is 0 Å². The minimum atomic E-state index is 1.22. The molecule has 1 heteroatoms. The molecule has 3 aromatic rings. The number of nitrogens with one attached hydrogen (secondary N) is 1. The van der Waals surface area contributed by atoms with Crippen LogP contribution in [0.25, 0.3) is 21.8 Å². The standard InChI is InChI=1S/C36H57N/c1-3-5-7-9-11-13-15-17-19-21-23-31-25-27-35-33(29-31)34-30-32(26-28-36(34)37-35)24-22-20-18-16-14-12-10-8-6-4-2/h25-30,37H,3-24H2,1-2H3. The van der Waals surface area contributed by atoms with Crippen molar-refractivity contribution in [2.24, 2.45) is 0 Å². The summed E-state index contributed by atoms with van der Waals surface area (Å²) in [5.41, 5.74) is 5.59. The molecule has 0 spiro atoms. The quantitative estimate of drug-likeness (QED) is 0.131. The maximum atomic E-state index is 3.65. The van der Waals surface area contributed by atoms with Crippen LogP contribution in [0.4, 0.5) is 0 Å². The number of fused-ring (bicyclic) bond motifs is 3. The maximum Gasteiger partial charge on any atom is 0.0465 e. The predicted molar refractivity (Wildman–Crippen MR) is 167 cm³/mol. The first kappa shape index (κ1) is 29.8. The fourth-order valence-corrected chi connectivity index (χ4v) is 5.94. The number of hydrogen-bond acceptors (Lipinski definition) is 0. The Hall–Kier alpha value is -1.76. The van der Waals surface area contributed by atoms with Crippen molar-refractivity contribution in [3.8, 4) is 0 Å². The van der Waals surface area contributed by atoms with Crippen LogP contribution in [0.5, 0.6) is 0 Å². The van der Waals surface area contributed by atoms with E-state index in [2.05, 4.69) is 55.2 Å². The van der Waals surface area contributed by atoms with Crippen LogP contribution in [-0.4, -0.2) is 4.98 Å². The summed E-state index contributed by atoms with van der Waals surface area (Å²) in [4.78, 5) is 3.65. The van der Waals surface area contributed by atoms with Crippen molar-refractivity contribution in [1.29, 1.82) is 0 Å². The van der Waals surface area contributed by atoms with Crippen molar-refractivity contribution in [3.63, 3.8) is 0 Å². The third-order valence-corrected chi connectivity index (χ3v) is 8.37. The Balaban J connectivity index is 1.37. The molecule has 0 fully saturated rings. The highest BCUT2D eigenvalue weighted by atomic mass is 14.7. The topological polar surface area (TPSA) is 15.8 Å². The monoisotopic (exact) mass is 503 g/mol. The van der Waals surface area contributed by atoms with E-state index in [9.17, 15) is 0 Å². The summed E-state index contributed by atoms with van der Waals surface area (Å²) in [6, 6.07) is 14.2. The largest absolute Gasteiger partial charge is 0.355 e. The van der Waals surface area contributed by atoms with Gasteiger partial charge in [0.05, 0.1) is 0 Å². The highest BCUT2D eigenvalue weighted by Crippen LogP contribution is 2.28. The summed E-state index contributed by atoms with van der Waals surface area (Å²) in [5, 5.41) is 2.84. The minimum Gasteiger partial charge on any atom is -0.355 e. The van der Waals surface area contributed by atoms with Crippen molar-refractivity contribution >= 4 is 21.8 Å². The normalized spacial score (nSPS) is 11.7. The SMILES string of the molecule is CCCCCCCCCCCCc1ccc2[nH]c3ccc(CCCCCCCCCCCC)cc3c2c1. The van der Waals surface area contributed by atoms with Crippen LogP contribution in [0.1, 0.15) is 153 Å². The van der Waals surface area contributed by atoms with Gasteiger partial charge in [0.2, 0.25) is 0 Å². The Morgan fingerprint density at radius 3 is 1.08 bits per heavy atom. The molecule has 1 nitrogen and oxygen atoms in total. The van der Waals surface area contributed by atoms with E-state index < -0.39 is 0 Å². The first-order chi connectivity index (χ1) is 18.3. The summed E-state index contributed by atoms with van der Waals surface area (Å²) in [7, 11) is 0. The molecule has 0 aliphatic rings. The van der Waals surface area contributed by atoms with Crippen molar-refractivity contribution in [2.75, 3.05) is 0 Å². The zero-order valence-corrected chi connectivity index (χ0v) is 24.5. The van der Waals surface area contributed by atoms with E-state index in [1.807, 2.05) is 0 Å². The molecule has 1 heterocycles. The van der Waals surface area contributed by atoms with E-state index in [4.69, 9.17) is 0 Å². The smallest absolute Gasteiger partial charge is 0.0465 e. The average molecular weight is 504 g/mol. The molecule has 0 saturated heterocycles. The Morgan fingerprint density at radius 2 is 0.730 bits per heavy atom. The number of unbranched alkanes of at least 4 members (excludes halogenated alkanes) is 18. The Labute approximate surface area is 229 Å². The Bertz CT molecular complexity index is 903. The van der Waals surface area contributed by atoms with Crippen LogP contribution >= 0.6 is 0 Å². The lowest BCUT2D eigenvalue weighted by Crippen LogP contribution is -1.87. The fourth-order valence-electron chi connectivity index (χ4n) is 5.94. The van der Waals surface area contributed by atoms with Crippen molar-refractivity contribution < 1.29 is 0 Å². The van der Waals surface area contributed by atoms with Gasteiger partial charge >= 0.3 is 0 Å². The molecule has 0 bridgehead atoms. The second-order valence-corrected chi connectivity index (χ2v) is 11.7. The number of rotatable bonds is 22.